The molecule has 1 heterocycles. The van der Waals surface area contributed by atoms with E-state index < -0.39 is 23.0 Å². The minimum absolute atomic E-state index is 0.0876. The van der Waals surface area contributed by atoms with Crippen LogP contribution in [0.25, 0.3) is 11.1 Å². The van der Waals surface area contributed by atoms with Crippen LogP contribution in [0.15, 0.2) is 48.5 Å². The molecule has 1 aliphatic heterocycles. The minimum atomic E-state index is -3.47. The van der Waals surface area contributed by atoms with Gasteiger partial charge in [-0.05, 0) is 28.8 Å². The summed E-state index contributed by atoms with van der Waals surface area (Å²) in [4.78, 5) is 0. The molecule has 27 heavy (non-hydrogen) atoms. The first-order chi connectivity index (χ1) is 12.6. The van der Waals surface area contributed by atoms with Crippen LogP contribution >= 0.6 is 7.60 Å². The molecule has 8 heteroatoms. The second-order valence-electron chi connectivity index (χ2n) is 7.06. The molecule has 6 nitrogen and oxygen atoms in total. The highest BCUT2D eigenvalue weighted by molar-refractivity contribution is 7.92. The fraction of sp³-hybridized carbons (Fsp3) is 0.368. The van der Waals surface area contributed by atoms with Crippen LogP contribution in [0.1, 0.15) is 12.5 Å². The summed E-state index contributed by atoms with van der Waals surface area (Å²) < 4.78 is 49.1. The maximum absolute atomic E-state index is 12.8. The van der Waals surface area contributed by atoms with Gasteiger partial charge in [0.05, 0.1) is 18.1 Å². The average Bonchev–Trinajstić information content (AvgIpc) is 2.94. The second kappa shape index (κ2) is 7.06. The van der Waals surface area contributed by atoms with Gasteiger partial charge in [-0.2, -0.15) is 0 Å². The third kappa shape index (κ3) is 3.83. The third-order valence-electron chi connectivity index (χ3n) is 5.01. The van der Waals surface area contributed by atoms with Crippen molar-refractivity contribution in [2.45, 2.75) is 12.3 Å². The van der Waals surface area contributed by atoms with Crippen molar-refractivity contribution in [2.24, 2.45) is 0 Å². The molecule has 0 saturated heterocycles. The molecule has 1 aliphatic rings. The highest BCUT2D eigenvalue weighted by atomic mass is 32.2. The van der Waals surface area contributed by atoms with Crippen LogP contribution in [-0.2, 0) is 29.1 Å². The molecule has 1 atom stereocenters. The highest BCUT2D eigenvalue weighted by Crippen LogP contribution is 2.55. The Kier molecular flexibility index (Phi) is 5.25. The van der Waals surface area contributed by atoms with Gasteiger partial charge in [0.25, 0.3) is 0 Å². The second-order valence-corrected chi connectivity index (χ2v) is 11.2. The predicted octanol–water partition coefficient (Wildman–Crippen LogP) is 3.88. The minimum Gasteiger partial charge on any atom is -0.312 e. The van der Waals surface area contributed by atoms with Crippen molar-refractivity contribution in [3.63, 3.8) is 0 Å². The van der Waals surface area contributed by atoms with Crippen molar-refractivity contribution in [2.75, 3.05) is 37.5 Å². The van der Waals surface area contributed by atoms with Crippen LogP contribution in [0, 0.1) is 0 Å². The highest BCUT2D eigenvalue weighted by Gasteiger charge is 2.47. The zero-order valence-electron chi connectivity index (χ0n) is 15.9. The van der Waals surface area contributed by atoms with Crippen LogP contribution in [-0.4, -0.2) is 41.6 Å². The normalized spacial score (nSPS) is 19.9. The fourth-order valence-corrected chi connectivity index (χ4v) is 6.16. The first kappa shape index (κ1) is 20.1. The lowest BCUT2D eigenvalue weighted by atomic mass is 9.85. The maximum Gasteiger partial charge on any atom is 0.331 e. The maximum atomic E-state index is 12.8. The van der Waals surface area contributed by atoms with E-state index in [1.54, 1.807) is 0 Å². The van der Waals surface area contributed by atoms with Crippen molar-refractivity contribution in [1.29, 1.82) is 0 Å². The lowest BCUT2D eigenvalue weighted by Crippen LogP contribution is -2.37. The SMILES string of the molecule is COP(=O)(CC1(C)CN(S(C)(=O)=O)c2ccc(-c3ccccc3)cc21)OC. The lowest BCUT2D eigenvalue weighted by Gasteiger charge is -2.28. The Balaban J connectivity index is 2.15. The molecule has 0 amide bonds. The Morgan fingerprint density at radius 2 is 1.70 bits per heavy atom. The van der Waals surface area contributed by atoms with E-state index in [-0.39, 0.29) is 12.7 Å². The Morgan fingerprint density at radius 3 is 2.26 bits per heavy atom. The van der Waals surface area contributed by atoms with Crippen molar-refractivity contribution in [3.05, 3.63) is 54.1 Å². The van der Waals surface area contributed by atoms with Gasteiger partial charge in [0.2, 0.25) is 10.0 Å². The molecule has 0 saturated carbocycles. The van der Waals surface area contributed by atoms with E-state index in [0.717, 1.165) is 16.7 Å². The van der Waals surface area contributed by atoms with E-state index in [0.29, 0.717) is 5.69 Å². The summed E-state index contributed by atoms with van der Waals surface area (Å²) >= 11 is 0. The number of hydrogen-bond donors (Lipinski definition) is 0. The molecule has 2 aromatic rings. The van der Waals surface area contributed by atoms with Crippen LogP contribution in [0.5, 0.6) is 0 Å². The number of anilines is 1. The topological polar surface area (TPSA) is 72.9 Å². The monoisotopic (exact) mass is 409 g/mol. The molecule has 0 fully saturated rings. The Hall–Kier alpha value is -1.66. The summed E-state index contributed by atoms with van der Waals surface area (Å²) in [5, 5.41) is 0. The van der Waals surface area contributed by atoms with Crippen molar-refractivity contribution < 1.29 is 22.0 Å². The van der Waals surface area contributed by atoms with Crippen molar-refractivity contribution >= 4 is 23.3 Å². The quantitative estimate of drug-likeness (QED) is 0.677. The Bertz CT molecular complexity index is 984. The molecule has 0 spiro atoms. The summed E-state index contributed by atoms with van der Waals surface area (Å²) in [7, 11) is -4.12. The standard InChI is InChI=1S/C19H24NO5PS/c1-19(14-26(21,24-2)25-3)13-20(27(4,22)23)18-11-10-16(12-17(18)19)15-8-6-5-7-9-15/h5-12H,13-14H2,1-4H3. The van der Waals surface area contributed by atoms with Gasteiger partial charge in [0.1, 0.15) is 0 Å². The first-order valence-electron chi connectivity index (χ1n) is 8.50. The Morgan fingerprint density at radius 1 is 1.07 bits per heavy atom. The molecule has 3 rings (SSSR count). The van der Waals surface area contributed by atoms with E-state index in [1.807, 2.05) is 55.5 Å². The zero-order chi connectivity index (χ0) is 19.9. The van der Waals surface area contributed by atoms with E-state index >= 15 is 0 Å². The number of hydrogen-bond acceptors (Lipinski definition) is 5. The van der Waals surface area contributed by atoms with Crippen LogP contribution in [0.2, 0.25) is 0 Å². The molecule has 146 valence electrons. The van der Waals surface area contributed by atoms with Gasteiger partial charge in [-0.25, -0.2) is 8.42 Å². The van der Waals surface area contributed by atoms with E-state index in [1.165, 1.54) is 24.8 Å². The number of sulfonamides is 1. The molecule has 0 radical (unpaired) electrons. The number of fused-ring (bicyclic) bond motifs is 1. The fourth-order valence-electron chi connectivity index (χ4n) is 3.60. The lowest BCUT2D eigenvalue weighted by molar-refractivity contribution is 0.268. The van der Waals surface area contributed by atoms with Crippen LogP contribution < -0.4 is 4.31 Å². The van der Waals surface area contributed by atoms with E-state index in [9.17, 15) is 13.0 Å². The van der Waals surface area contributed by atoms with Crippen molar-refractivity contribution in [3.8, 4) is 11.1 Å². The third-order valence-corrected chi connectivity index (χ3v) is 8.34. The first-order valence-corrected chi connectivity index (χ1v) is 12.1. The molecule has 0 aliphatic carbocycles. The molecular formula is C19H24NO5PS. The van der Waals surface area contributed by atoms with E-state index in [4.69, 9.17) is 9.05 Å². The molecular weight excluding hydrogens is 385 g/mol. The summed E-state index contributed by atoms with van der Waals surface area (Å²) in [6, 6.07) is 15.5. The van der Waals surface area contributed by atoms with Crippen LogP contribution in [0.4, 0.5) is 5.69 Å². The largest absolute Gasteiger partial charge is 0.331 e. The summed E-state index contributed by atoms with van der Waals surface area (Å²) in [6.45, 7) is 2.09. The molecule has 2 aromatic carbocycles. The number of benzene rings is 2. The van der Waals surface area contributed by atoms with Gasteiger partial charge in [-0.15, -0.1) is 0 Å². The smallest absolute Gasteiger partial charge is 0.312 e. The molecule has 0 N–H and O–H groups in total. The Labute approximate surface area is 160 Å². The summed E-state index contributed by atoms with van der Waals surface area (Å²) in [6.07, 6.45) is 1.27. The van der Waals surface area contributed by atoms with Crippen LogP contribution in [0.3, 0.4) is 0 Å². The average molecular weight is 409 g/mol. The summed E-state index contributed by atoms with van der Waals surface area (Å²) in [5.74, 6) is 0. The number of nitrogens with zero attached hydrogens (tertiary/aromatic N) is 1. The number of rotatable bonds is 6. The van der Waals surface area contributed by atoms with Gasteiger partial charge in [-0.1, -0.05) is 43.3 Å². The van der Waals surface area contributed by atoms with E-state index in [2.05, 4.69) is 0 Å². The zero-order valence-corrected chi connectivity index (χ0v) is 17.6. The van der Waals surface area contributed by atoms with Gasteiger partial charge in [0.15, 0.2) is 0 Å². The van der Waals surface area contributed by atoms with Crippen molar-refractivity contribution in [1.82, 2.24) is 0 Å². The van der Waals surface area contributed by atoms with Gasteiger partial charge < -0.3 is 9.05 Å². The van der Waals surface area contributed by atoms with Gasteiger partial charge in [0, 0.05) is 26.2 Å². The van der Waals surface area contributed by atoms with Gasteiger partial charge >= 0.3 is 7.60 Å². The molecule has 1 unspecified atom stereocenters. The predicted molar refractivity (Wildman–Crippen MR) is 108 cm³/mol. The summed E-state index contributed by atoms with van der Waals surface area (Å²) in [5.41, 5.74) is 2.73. The molecule has 0 aromatic heterocycles. The van der Waals surface area contributed by atoms with Gasteiger partial charge in [-0.3, -0.25) is 8.87 Å². The molecule has 0 bridgehead atoms.